The van der Waals surface area contributed by atoms with Crippen LogP contribution in [0.1, 0.15) is 54.2 Å². The Kier molecular flexibility index (Phi) is 8.80. The number of nitrogens with zero attached hydrogens (tertiary/aromatic N) is 2. The summed E-state index contributed by atoms with van der Waals surface area (Å²) >= 11 is 0. The Balaban J connectivity index is 1.83. The third-order valence-electron chi connectivity index (χ3n) is 8.85. The molecule has 3 atom stereocenters. The molecular weight excluding hydrogens is 559 g/mol. The molecule has 0 bridgehead atoms. The van der Waals surface area contributed by atoms with E-state index in [1.54, 1.807) is 12.3 Å². The highest BCUT2D eigenvalue weighted by Crippen LogP contribution is 2.46. The maximum absolute atomic E-state index is 12.9. The summed E-state index contributed by atoms with van der Waals surface area (Å²) in [6.07, 6.45) is 7.18. The molecular formula is C33H45N3O4Si2. The van der Waals surface area contributed by atoms with Gasteiger partial charge in [0.2, 0.25) is 0 Å². The number of benzene rings is 2. The maximum Gasteiger partial charge on any atom is 0.351 e. The molecule has 2 heterocycles. The van der Waals surface area contributed by atoms with Crippen molar-refractivity contribution in [2.75, 3.05) is 12.3 Å². The quantitative estimate of drug-likeness (QED) is 0.285. The number of ether oxygens (including phenoxy) is 1. The van der Waals surface area contributed by atoms with Gasteiger partial charge in [0.05, 0.1) is 12.7 Å². The lowest BCUT2D eigenvalue weighted by Crippen LogP contribution is -2.68. The summed E-state index contributed by atoms with van der Waals surface area (Å²) in [7, 11) is -5.25. The largest absolute Gasteiger partial charge is 0.410 e. The van der Waals surface area contributed by atoms with Crippen LogP contribution in [0.4, 0.5) is 5.82 Å². The van der Waals surface area contributed by atoms with E-state index in [2.05, 4.69) is 114 Å². The number of nitrogens with two attached hydrogens (primary N) is 1. The van der Waals surface area contributed by atoms with Crippen LogP contribution in [0.2, 0.25) is 23.2 Å². The Morgan fingerprint density at radius 3 is 2.00 bits per heavy atom. The Labute approximate surface area is 252 Å². The summed E-state index contributed by atoms with van der Waals surface area (Å²) in [6.45, 7) is 17.7. The Bertz CT molecular complexity index is 1430. The molecule has 9 heteroatoms. The number of anilines is 1. The van der Waals surface area contributed by atoms with E-state index >= 15 is 0 Å². The highest BCUT2D eigenvalue weighted by molar-refractivity contribution is 6.99. The Morgan fingerprint density at radius 1 is 1.00 bits per heavy atom. The molecule has 4 rings (SSSR count). The molecule has 7 nitrogen and oxygen atoms in total. The van der Waals surface area contributed by atoms with Crippen molar-refractivity contribution in [3.05, 3.63) is 83.4 Å². The minimum absolute atomic E-state index is 0.0656. The van der Waals surface area contributed by atoms with Crippen molar-refractivity contribution in [3.63, 3.8) is 0 Å². The number of terminal acetylenes is 1. The molecule has 2 N–H and O–H groups in total. The van der Waals surface area contributed by atoms with Gasteiger partial charge >= 0.3 is 5.69 Å². The number of nitrogen functional groups attached to an aromatic ring is 1. The van der Waals surface area contributed by atoms with Crippen LogP contribution in [-0.2, 0) is 13.6 Å². The van der Waals surface area contributed by atoms with Crippen LogP contribution >= 0.6 is 0 Å². The second kappa shape index (κ2) is 11.6. The molecule has 224 valence electrons. The highest BCUT2D eigenvalue weighted by Gasteiger charge is 2.57. The van der Waals surface area contributed by atoms with Crippen molar-refractivity contribution in [1.29, 1.82) is 0 Å². The van der Waals surface area contributed by atoms with Crippen LogP contribution in [0.5, 0.6) is 0 Å². The summed E-state index contributed by atoms with van der Waals surface area (Å²) in [5.74, 6) is 3.13. The molecule has 0 aliphatic carbocycles. The van der Waals surface area contributed by atoms with Crippen LogP contribution in [0.15, 0.2) is 77.7 Å². The van der Waals surface area contributed by atoms with Crippen LogP contribution in [0.25, 0.3) is 0 Å². The second-order valence-corrected chi connectivity index (χ2v) is 22.8. The maximum atomic E-state index is 12.9. The Hall–Kier alpha value is -3.01. The summed E-state index contributed by atoms with van der Waals surface area (Å²) in [5.41, 5.74) is 4.04. The average Bonchev–Trinajstić information content (AvgIpc) is 3.26. The van der Waals surface area contributed by atoms with E-state index in [0.29, 0.717) is 6.42 Å². The predicted octanol–water partition coefficient (Wildman–Crippen LogP) is 5.08. The van der Waals surface area contributed by atoms with E-state index in [-0.39, 0.29) is 22.5 Å². The first-order valence-electron chi connectivity index (χ1n) is 14.5. The van der Waals surface area contributed by atoms with Crippen LogP contribution in [-0.4, -0.2) is 44.5 Å². The van der Waals surface area contributed by atoms with Gasteiger partial charge in [-0.1, -0.05) is 108 Å². The molecule has 0 spiro atoms. The van der Waals surface area contributed by atoms with Crippen molar-refractivity contribution in [3.8, 4) is 12.3 Å². The van der Waals surface area contributed by atoms with E-state index < -0.39 is 40.3 Å². The van der Waals surface area contributed by atoms with Crippen LogP contribution in [0, 0.1) is 12.3 Å². The van der Waals surface area contributed by atoms with E-state index in [9.17, 15) is 4.79 Å². The van der Waals surface area contributed by atoms with E-state index in [1.165, 1.54) is 4.57 Å². The molecule has 1 fully saturated rings. The molecule has 0 amide bonds. The number of rotatable bonds is 8. The molecule has 42 heavy (non-hydrogen) atoms. The van der Waals surface area contributed by atoms with Gasteiger partial charge in [-0.05, 0) is 39.6 Å². The fourth-order valence-corrected chi connectivity index (χ4v) is 11.4. The van der Waals surface area contributed by atoms with E-state index in [4.69, 9.17) is 25.7 Å². The zero-order valence-corrected chi connectivity index (χ0v) is 28.2. The first-order chi connectivity index (χ1) is 19.6. The van der Waals surface area contributed by atoms with Gasteiger partial charge in [0.25, 0.3) is 8.32 Å². The molecule has 0 saturated carbocycles. The normalized spacial score (nSPS) is 21.7. The molecule has 0 radical (unpaired) electrons. The summed E-state index contributed by atoms with van der Waals surface area (Å²) in [6, 6.07) is 22.4. The van der Waals surface area contributed by atoms with Gasteiger partial charge in [0, 0.05) is 12.6 Å². The summed E-state index contributed by atoms with van der Waals surface area (Å²) in [5, 5.41) is 1.97. The minimum Gasteiger partial charge on any atom is -0.410 e. The fraction of sp³-hybridized carbons (Fsp3) is 0.455. The molecule has 2 aromatic carbocycles. The van der Waals surface area contributed by atoms with E-state index in [0.717, 1.165) is 10.4 Å². The molecule has 1 aliphatic heterocycles. The zero-order valence-electron chi connectivity index (χ0n) is 26.2. The van der Waals surface area contributed by atoms with Gasteiger partial charge < -0.3 is 19.3 Å². The van der Waals surface area contributed by atoms with Crippen molar-refractivity contribution < 1.29 is 13.6 Å². The van der Waals surface area contributed by atoms with Crippen LogP contribution in [0.3, 0.4) is 0 Å². The molecule has 1 aliphatic rings. The van der Waals surface area contributed by atoms with Crippen molar-refractivity contribution in [1.82, 2.24) is 9.55 Å². The smallest absolute Gasteiger partial charge is 0.351 e. The lowest BCUT2D eigenvalue weighted by molar-refractivity contribution is -0.0854. The number of hydrogen-bond donors (Lipinski definition) is 1. The van der Waals surface area contributed by atoms with E-state index in [1.807, 2.05) is 12.1 Å². The molecule has 1 aromatic heterocycles. The van der Waals surface area contributed by atoms with Crippen molar-refractivity contribution >= 4 is 32.8 Å². The van der Waals surface area contributed by atoms with Crippen molar-refractivity contribution in [2.24, 2.45) is 0 Å². The molecule has 3 aromatic rings. The number of hydrogen-bond acceptors (Lipinski definition) is 6. The topological polar surface area (TPSA) is 88.6 Å². The number of aromatic nitrogens is 2. The first kappa shape index (κ1) is 31.9. The van der Waals surface area contributed by atoms with Gasteiger partial charge in [0.15, 0.2) is 13.9 Å². The zero-order chi connectivity index (χ0) is 31.0. The minimum atomic E-state index is -2.94. The standard InChI is InChI=1S/C33H45N3O4Si2/c1-10-33(24-38-42(32(5,6)7,25-17-13-11-14-18-25)26-19-15-12-16-20-26)27(40-41(8,9)31(2,3)4)23-29(39-33)36-22-21-28(34)35-30(36)37/h1,11-22,27,29H,23-24H2,2-9H3,(H2,34,35,37)/t27-,29+,33+/m0/s1. The lowest BCUT2D eigenvalue weighted by atomic mass is 9.99. The SMILES string of the molecule is C#C[C@]1(CO[Si](c2ccccc2)(c2ccccc2)C(C)(C)C)O[C@@H](n2ccc(N)nc2=O)C[C@@H]1O[Si](C)(C)C(C)(C)C. The van der Waals surface area contributed by atoms with Gasteiger partial charge in [-0.25, -0.2) is 4.79 Å². The monoisotopic (exact) mass is 603 g/mol. The van der Waals surface area contributed by atoms with Crippen LogP contribution < -0.4 is 21.8 Å². The average molecular weight is 604 g/mol. The van der Waals surface area contributed by atoms with Gasteiger partial charge in [0.1, 0.15) is 12.0 Å². The Morgan fingerprint density at radius 2 is 1.55 bits per heavy atom. The van der Waals surface area contributed by atoms with Gasteiger partial charge in [-0.2, -0.15) is 4.98 Å². The summed E-state index contributed by atoms with van der Waals surface area (Å²) in [4.78, 5) is 16.8. The van der Waals surface area contributed by atoms with Gasteiger partial charge in [-0.3, -0.25) is 4.57 Å². The third-order valence-corrected chi connectivity index (χ3v) is 18.3. The summed E-state index contributed by atoms with van der Waals surface area (Å²) < 4.78 is 22.4. The predicted molar refractivity (Wildman–Crippen MR) is 175 cm³/mol. The van der Waals surface area contributed by atoms with Crippen molar-refractivity contribution in [2.45, 2.75) is 89.1 Å². The molecule has 1 saturated heterocycles. The lowest BCUT2D eigenvalue weighted by Gasteiger charge is -2.46. The first-order valence-corrected chi connectivity index (χ1v) is 19.3. The second-order valence-electron chi connectivity index (χ2n) is 13.7. The third kappa shape index (κ3) is 5.92. The fourth-order valence-electron chi connectivity index (χ4n) is 5.50. The van der Waals surface area contributed by atoms with Gasteiger partial charge in [-0.15, -0.1) is 6.42 Å². The molecule has 0 unspecified atom stereocenters. The highest BCUT2D eigenvalue weighted by atomic mass is 28.4.